The number of ether oxygens (including phenoxy) is 1. The maximum absolute atomic E-state index is 11.2. The Morgan fingerprint density at radius 3 is 2.73 bits per heavy atom. The van der Waals surface area contributed by atoms with E-state index in [0.717, 1.165) is 0 Å². The molecule has 6 heteroatoms. The number of rotatable bonds is 4. The molecule has 1 aromatic carbocycles. The van der Waals surface area contributed by atoms with E-state index in [1.165, 1.54) is 18.2 Å². The number of hydrogen-bond donors (Lipinski definition) is 1. The molecule has 0 spiro atoms. The molecule has 1 rings (SSSR count). The summed E-state index contributed by atoms with van der Waals surface area (Å²) >= 11 is 0. The van der Waals surface area contributed by atoms with E-state index in [9.17, 15) is 8.42 Å². The Kier molecular flexibility index (Phi) is 3.60. The molecule has 0 aromatic heterocycles. The molecule has 0 saturated carbocycles. The van der Waals surface area contributed by atoms with Gasteiger partial charge in [0.1, 0.15) is 17.3 Å². The Balaban J connectivity index is 3.27. The molecule has 0 bridgehead atoms. The van der Waals surface area contributed by atoms with Crippen LogP contribution >= 0.6 is 10.7 Å². The summed E-state index contributed by atoms with van der Waals surface area (Å²) in [6.07, 6.45) is 1.49. The van der Waals surface area contributed by atoms with E-state index in [2.05, 4.69) is 6.58 Å². The molecule has 4 nitrogen and oxygen atoms in total. The molecule has 1 aromatic rings. The molecule has 2 N–H and O–H groups in total. The maximum Gasteiger partial charge on any atom is 0.267 e. The Hall–Kier alpha value is -1.20. The first-order valence-corrected chi connectivity index (χ1v) is 6.34. The number of nitrogen functional groups attached to an aromatic ring is 1. The van der Waals surface area contributed by atoms with Gasteiger partial charge in [0.05, 0.1) is 5.69 Å². The number of benzene rings is 1. The second-order valence-electron chi connectivity index (χ2n) is 2.71. The normalized spacial score (nSPS) is 11.0. The first kappa shape index (κ1) is 11.9. The topological polar surface area (TPSA) is 69.4 Å². The van der Waals surface area contributed by atoms with Gasteiger partial charge in [0.25, 0.3) is 9.05 Å². The van der Waals surface area contributed by atoms with Crippen LogP contribution in [0.2, 0.25) is 0 Å². The predicted octanol–water partition coefficient (Wildman–Crippen LogP) is 1.76. The van der Waals surface area contributed by atoms with Crippen molar-refractivity contribution < 1.29 is 13.2 Å². The number of hydrogen-bond acceptors (Lipinski definition) is 4. The first-order valence-electron chi connectivity index (χ1n) is 4.03. The largest absolute Gasteiger partial charge is 0.488 e. The van der Waals surface area contributed by atoms with E-state index in [1.54, 1.807) is 6.07 Å². The van der Waals surface area contributed by atoms with Crippen molar-refractivity contribution in [2.45, 2.75) is 4.90 Å². The van der Waals surface area contributed by atoms with Gasteiger partial charge in [0.15, 0.2) is 0 Å². The highest BCUT2D eigenvalue weighted by Crippen LogP contribution is 2.31. The Labute approximate surface area is 92.7 Å². The predicted molar refractivity (Wildman–Crippen MR) is 59.6 cm³/mol. The second kappa shape index (κ2) is 4.55. The van der Waals surface area contributed by atoms with Gasteiger partial charge in [-0.25, -0.2) is 8.42 Å². The van der Waals surface area contributed by atoms with Crippen molar-refractivity contribution in [3.63, 3.8) is 0 Å². The summed E-state index contributed by atoms with van der Waals surface area (Å²) < 4.78 is 27.6. The molecule has 15 heavy (non-hydrogen) atoms. The lowest BCUT2D eigenvalue weighted by Gasteiger charge is -2.09. The molecule has 0 aliphatic heterocycles. The van der Waals surface area contributed by atoms with Crippen molar-refractivity contribution in [1.82, 2.24) is 0 Å². The van der Waals surface area contributed by atoms with Crippen LogP contribution in [0.3, 0.4) is 0 Å². The number of anilines is 1. The smallest absolute Gasteiger partial charge is 0.267 e. The fraction of sp³-hybridized carbons (Fsp3) is 0.111. The maximum atomic E-state index is 11.2. The minimum atomic E-state index is -3.91. The number of halogens is 1. The third-order valence-electron chi connectivity index (χ3n) is 1.61. The van der Waals surface area contributed by atoms with Crippen molar-refractivity contribution in [1.29, 1.82) is 0 Å². The lowest BCUT2D eigenvalue weighted by atomic mass is 10.3. The zero-order valence-electron chi connectivity index (χ0n) is 7.81. The van der Waals surface area contributed by atoms with Crippen molar-refractivity contribution in [3.05, 3.63) is 30.9 Å². The van der Waals surface area contributed by atoms with Crippen molar-refractivity contribution in [2.24, 2.45) is 0 Å². The highest BCUT2D eigenvalue weighted by molar-refractivity contribution is 8.14. The molecule has 0 saturated heterocycles. The third-order valence-corrected chi connectivity index (χ3v) is 3.00. The van der Waals surface area contributed by atoms with Gasteiger partial charge in [-0.05, 0) is 12.1 Å². The van der Waals surface area contributed by atoms with Crippen molar-refractivity contribution >= 4 is 25.4 Å². The van der Waals surface area contributed by atoms with Gasteiger partial charge >= 0.3 is 0 Å². The Morgan fingerprint density at radius 1 is 1.53 bits per heavy atom. The lowest BCUT2D eigenvalue weighted by Crippen LogP contribution is -2.03. The third kappa shape index (κ3) is 2.87. The summed E-state index contributed by atoms with van der Waals surface area (Å²) in [5.74, 6) is 0.130. The van der Waals surface area contributed by atoms with Crippen LogP contribution in [0.15, 0.2) is 35.7 Å². The molecular weight excluding hydrogens is 238 g/mol. The van der Waals surface area contributed by atoms with Crippen LogP contribution in [0.4, 0.5) is 5.69 Å². The van der Waals surface area contributed by atoms with Crippen LogP contribution in [-0.4, -0.2) is 15.0 Å². The van der Waals surface area contributed by atoms with Gasteiger partial charge in [0, 0.05) is 10.7 Å². The SMILES string of the molecule is C=CCOc1cccc(N)c1S(=O)(=O)Cl. The molecule has 0 radical (unpaired) electrons. The molecule has 0 aliphatic rings. The summed E-state index contributed by atoms with van der Waals surface area (Å²) in [4.78, 5) is -0.200. The highest BCUT2D eigenvalue weighted by Gasteiger charge is 2.19. The van der Waals surface area contributed by atoms with Crippen LogP contribution < -0.4 is 10.5 Å². The fourth-order valence-corrected chi connectivity index (χ4v) is 2.27. The average molecular weight is 248 g/mol. The van der Waals surface area contributed by atoms with Gasteiger partial charge in [-0.1, -0.05) is 18.7 Å². The van der Waals surface area contributed by atoms with E-state index < -0.39 is 9.05 Å². The van der Waals surface area contributed by atoms with E-state index in [4.69, 9.17) is 21.2 Å². The summed E-state index contributed by atoms with van der Waals surface area (Å²) in [6, 6.07) is 4.50. The molecule has 0 unspecified atom stereocenters. The summed E-state index contributed by atoms with van der Waals surface area (Å²) in [7, 11) is 1.33. The minimum absolute atomic E-state index is 0.0616. The second-order valence-corrected chi connectivity index (χ2v) is 5.21. The van der Waals surface area contributed by atoms with Gasteiger partial charge in [-0.2, -0.15) is 0 Å². The minimum Gasteiger partial charge on any atom is -0.488 e. The van der Waals surface area contributed by atoms with E-state index in [1.807, 2.05) is 0 Å². The van der Waals surface area contributed by atoms with E-state index in [-0.39, 0.29) is 22.9 Å². The van der Waals surface area contributed by atoms with Gasteiger partial charge in [-0.15, -0.1) is 0 Å². The highest BCUT2D eigenvalue weighted by atomic mass is 35.7. The first-order chi connectivity index (χ1) is 6.96. The molecule has 0 heterocycles. The van der Waals surface area contributed by atoms with Gasteiger partial charge in [0.2, 0.25) is 0 Å². The summed E-state index contributed by atoms with van der Waals surface area (Å²) in [6.45, 7) is 3.63. The Morgan fingerprint density at radius 2 is 2.20 bits per heavy atom. The standard InChI is InChI=1S/C9H10ClNO3S/c1-2-6-14-8-5-3-4-7(11)9(8)15(10,12)13/h2-5H,1,6,11H2. The van der Waals surface area contributed by atoms with Gasteiger partial charge < -0.3 is 10.5 Å². The van der Waals surface area contributed by atoms with E-state index >= 15 is 0 Å². The van der Waals surface area contributed by atoms with E-state index in [0.29, 0.717) is 0 Å². The monoisotopic (exact) mass is 247 g/mol. The number of nitrogens with two attached hydrogens (primary N) is 1. The summed E-state index contributed by atoms with van der Waals surface area (Å²) in [5, 5.41) is 0. The van der Waals surface area contributed by atoms with Crippen LogP contribution in [-0.2, 0) is 9.05 Å². The van der Waals surface area contributed by atoms with Crippen LogP contribution in [0, 0.1) is 0 Å². The van der Waals surface area contributed by atoms with Crippen LogP contribution in [0.1, 0.15) is 0 Å². The molecule has 0 aliphatic carbocycles. The zero-order valence-corrected chi connectivity index (χ0v) is 9.38. The van der Waals surface area contributed by atoms with Crippen LogP contribution in [0.25, 0.3) is 0 Å². The summed E-state index contributed by atoms with van der Waals surface area (Å²) in [5.41, 5.74) is 5.57. The Bertz CT molecular complexity index is 470. The molecule has 0 atom stereocenters. The van der Waals surface area contributed by atoms with Crippen molar-refractivity contribution in [3.8, 4) is 5.75 Å². The average Bonchev–Trinajstić information content (AvgIpc) is 2.12. The zero-order chi connectivity index (χ0) is 11.5. The molecule has 82 valence electrons. The fourth-order valence-electron chi connectivity index (χ4n) is 1.06. The lowest BCUT2D eigenvalue weighted by molar-refractivity contribution is 0.354. The molecule has 0 amide bonds. The quantitative estimate of drug-likeness (QED) is 0.500. The van der Waals surface area contributed by atoms with Crippen molar-refractivity contribution in [2.75, 3.05) is 12.3 Å². The molecule has 0 fully saturated rings. The van der Waals surface area contributed by atoms with Gasteiger partial charge in [-0.3, -0.25) is 0 Å². The van der Waals surface area contributed by atoms with Crippen LogP contribution in [0.5, 0.6) is 5.75 Å². The molecular formula is C9H10ClNO3S.